The molecule has 2 aromatic carbocycles. The number of hydrogen-bond donors (Lipinski definition) is 1. The zero-order valence-electron chi connectivity index (χ0n) is 19.2. The normalized spacial score (nSPS) is 11.1. The predicted octanol–water partition coefficient (Wildman–Crippen LogP) is 3.39. The van der Waals surface area contributed by atoms with E-state index in [0.717, 1.165) is 4.31 Å². The van der Waals surface area contributed by atoms with Gasteiger partial charge in [-0.25, -0.2) is 23.1 Å². The molecule has 0 saturated heterocycles. The molecule has 0 aliphatic heterocycles. The Hall–Kier alpha value is -4.18. The number of ether oxygens (including phenoxy) is 2. The van der Waals surface area contributed by atoms with Crippen LogP contribution in [-0.2, 0) is 14.8 Å². The Kier molecular flexibility index (Phi) is 8.96. The van der Waals surface area contributed by atoms with E-state index in [1.54, 1.807) is 54.6 Å². The number of benzene rings is 2. The lowest BCUT2D eigenvalue weighted by Gasteiger charge is -2.22. The quantitative estimate of drug-likeness (QED) is 0.235. The maximum atomic E-state index is 13.2. The standard InChI is InChI=1S/C25H26N4O5S/c1-3-16-34-22-14-13-20(17-23(22)33-4-2)18-27-28-25(30)19-29(24-12-8-9-15-26-24)35(31,32)21-10-6-5-7-11-21/h3,5-15,17-18H,1,4,16,19H2,2H3,(H,28,30)/b27-18-. The summed E-state index contributed by atoms with van der Waals surface area (Å²) in [5, 5.41) is 3.96. The van der Waals surface area contributed by atoms with Crippen molar-refractivity contribution in [1.82, 2.24) is 10.4 Å². The van der Waals surface area contributed by atoms with Gasteiger partial charge in [-0.3, -0.25) is 4.79 Å². The Balaban J connectivity index is 1.75. The summed E-state index contributed by atoms with van der Waals surface area (Å²) in [5.74, 6) is 0.569. The molecule has 1 amide bonds. The molecule has 0 spiro atoms. The van der Waals surface area contributed by atoms with Crippen LogP contribution in [0, 0.1) is 0 Å². The molecule has 1 heterocycles. The summed E-state index contributed by atoms with van der Waals surface area (Å²) in [6.07, 6.45) is 4.51. The fraction of sp³-hybridized carbons (Fsp3) is 0.160. The minimum atomic E-state index is -4.03. The molecule has 1 aromatic heterocycles. The topological polar surface area (TPSA) is 110 Å². The smallest absolute Gasteiger partial charge is 0.265 e. The third-order valence-corrected chi connectivity index (χ3v) is 6.31. The van der Waals surface area contributed by atoms with Crippen molar-refractivity contribution in [3.8, 4) is 11.5 Å². The number of hydrogen-bond acceptors (Lipinski definition) is 7. The molecule has 35 heavy (non-hydrogen) atoms. The first-order chi connectivity index (χ1) is 17.0. The number of nitrogens with one attached hydrogen (secondary N) is 1. The van der Waals surface area contributed by atoms with Crippen molar-refractivity contribution < 1.29 is 22.7 Å². The number of hydrazone groups is 1. The number of anilines is 1. The van der Waals surface area contributed by atoms with Crippen molar-refractivity contribution >= 4 is 28.0 Å². The van der Waals surface area contributed by atoms with Crippen LogP contribution in [0.4, 0.5) is 5.82 Å². The molecule has 10 heteroatoms. The monoisotopic (exact) mass is 494 g/mol. The summed E-state index contributed by atoms with van der Waals surface area (Å²) in [6.45, 7) is 5.75. The van der Waals surface area contributed by atoms with Gasteiger partial charge in [-0.15, -0.1) is 0 Å². The average Bonchev–Trinajstić information content (AvgIpc) is 2.88. The molecule has 0 atom stereocenters. The second-order valence-electron chi connectivity index (χ2n) is 7.04. The Bertz CT molecular complexity index is 1270. The second-order valence-corrected chi connectivity index (χ2v) is 8.91. The Morgan fingerprint density at radius 3 is 2.54 bits per heavy atom. The highest BCUT2D eigenvalue weighted by molar-refractivity contribution is 7.92. The van der Waals surface area contributed by atoms with Crippen LogP contribution in [0.1, 0.15) is 12.5 Å². The maximum absolute atomic E-state index is 13.2. The fourth-order valence-corrected chi connectivity index (χ4v) is 4.39. The number of rotatable bonds is 12. The van der Waals surface area contributed by atoms with Crippen molar-refractivity contribution in [3.05, 3.63) is 91.1 Å². The van der Waals surface area contributed by atoms with E-state index >= 15 is 0 Å². The molecule has 3 aromatic rings. The van der Waals surface area contributed by atoms with Crippen LogP contribution in [0.15, 0.2) is 95.6 Å². The van der Waals surface area contributed by atoms with Crippen molar-refractivity contribution in [2.24, 2.45) is 5.10 Å². The third-order valence-electron chi connectivity index (χ3n) is 4.55. The lowest BCUT2D eigenvalue weighted by Crippen LogP contribution is -2.40. The minimum Gasteiger partial charge on any atom is -0.490 e. The number of aromatic nitrogens is 1. The van der Waals surface area contributed by atoms with Crippen LogP contribution in [0.5, 0.6) is 11.5 Å². The van der Waals surface area contributed by atoms with Gasteiger partial charge in [0.05, 0.1) is 17.7 Å². The summed E-state index contributed by atoms with van der Waals surface area (Å²) in [5.41, 5.74) is 3.02. The van der Waals surface area contributed by atoms with Crippen molar-refractivity contribution in [2.45, 2.75) is 11.8 Å². The highest BCUT2D eigenvalue weighted by Crippen LogP contribution is 2.28. The Morgan fingerprint density at radius 1 is 1.09 bits per heavy atom. The van der Waals surface area contributed by atoms with Crippen LogP contribution in [0.2, 0.25) is 0 Å². The zero-order chi connectivity index (χ0) is 25.1. The van der Waals surface area contributed by atoms with Crippen molar-refractivity contribution in [3.63, 3.8) is 0 Å². The van der Waals surface area contributed by atoms with Gasteiger partial charge in [-0.1, -0.05) is 36.9 Å². The Morgan fingerprint density at radius 2 is 1.86 bits per heavy atom. The molecular formula is C25H26N4O5S. The molecule has 0 saturated carbocycles. The average molecular weight is 495 g/mol. The second kappa shape index (κ2) is 12.3. The zero-order valence-corrected chi connectivity index (χ0v) is 20.0. The van der Waals surface area contributed by atoms with Gasteiger partial charge in [0.1, 0.15) is 19.0 Å². The molecule has 1 N–H and O–H groups in total. The maximum Gasteiger partial charge on any atom is 0.265 e. The van der Waals surface area contributed by atoms with E-state index in [0.29, 0.717) is 30.3 Å². The van der Waals surface area contributed by atoms with E-state index in [9.17, 15) is 13.2 Å². The summed E-state index contributed by atoms with van der Waals surface area (Å²) in [4.78, 5) is 16.8. The van der Waals surface area contributed by atoms with Crippen LogP contribution >= 0.6 is 0 Å². The van der Waals surface area contributed by atoms with E-state index in [-0.39, 0.29) is 10.7 Å². The van der Waals surface area contributed by atoms with Gasteiger partial charge in [-0.05, 0) is 55.0 Å². The molecule has 0 unspecified atom stereocenters. The van der Waals surface area contributed by atoms with Crippen molar-refractivity contribution in [2.75, 3.05) is 24.1 Å². The number of carbonyl (C=O) groups excluding carboxylic acids is 1. The SMILES string of the molecule is C=CCOc1ccc(/C=N\NC(=O)CN(c2ccccn2)S(=O)(=O)c2ccccc2)cc1OCC. The molecular weight excluding hydrogens is 468 g/mol. The van der Waals surface area contributed by atoms with Gasteiger partial charge in [0.25, 0.3) is 15.9 Å². The molecule has 3 rings (SSSR count). The number of pyridine rings is 1. The minimum absolute atomic E-state index is 0.0455. The van der Waals surface area contributed by atoms with Crippen LogP contribution < -0.4 is 19.2 Å². The lowest BCUT2D eigenvalue weighted by atomic mass is 10.2. The first kappa shape index (κ1) is 25.4. The molecule has 0 aliphatic rings. The molecule has 0 fully saturated rings. The predicted molar refractivity (Wildman–Crippen MR) is 134 cm³/mol. The van der Waals surface area contributed by atoms with Crippen LogP contribution in [-0.4, -0.2) is 45.3 Å². The van der Waals surface area contributed by atoms with Crippen molar-refractivity contribution in [1.29, 1.82) is 0 Å². The summed E-state index contributed by atoms with van der Waals surface area (Å²) in [6, 6.07) is 17.9. The first-order valence-corrected chi connectivity index (χ1v) is 12.2. The molecule has 0 aliphatic carbocycles. The van der Waals surface area contributed by atoms with Gasteiger partial charge >= 0.3 is 0 Å². The van der Waals surface area contributed by atoms with Gasteiger partial charge in [0.2, 0.25) is 0 Å². The number of amides is 1. The molecule has 182 valence electrons. The lowest BCUT2D eigenvalue weighted by molar-refractivity contribution is -0.119. The molecule has 9 nitrogen and oxygen atoms in total. The Labute approximate surface area is 204 Å². The van der Waals surface area contributed by atoms with E-state index in [1.165, 1.54) is 30.6 Å². The third kappa shape index (κ3) is 6.90. The largest absolute Gasteiger partial charge is 0.490 e. The number of nitrogens with zero attached hydrogens (tertiary/aromatic N) is 3. The van der Waals surface area contributed by atoms with Gasteiger partial charge < -0.3 is 9.47 Å². The molecule has 0 radical (unpaired) electrons. The van der Waals surface area contributed by atoms with Crippen LogP contribution in [0.3, 0.4) is 0 Å². The fourth-order valence-electron chi connectivity index (χ4n) is 3.00. The highest BCUT2D eigenvalue weighted by Gasteiger charge is 2.27. The summed E-state index contributed by atoms with van der Waals surface area (Å²) < 4.78 is 38.5. The number of carbonyl (C=O) groups is 1. The van der Waals surface area contributed by atoms with E-state index < -0.39 is 22.5 Å². The summed E-state index contributed by atoms with van der Waals surface area (Å²) in [7, 11) is -4.03. The molecule has 0 bridgehead atoms. The van der Waals surface area contributed by atoms with Crippen LogP contribution in [0.25, 0.3) is 0 Å². The first-order valence-electron chi connectivity index (χ1n) is 10.8. The number of sulfonamides is 1. The summed E-state index contributed by atoms with van der Waals surface area (Å²) >= 11 is 0. The van der Waals surface area contributed by atoms with E-state index in [2.05, 4.69) is 22.1 Å². The van der Waals surface area contributed by atoms with Gasteiger partial charge in [-0.2, -0.15) is 5.10 Å². The van der Waals surface area contributed by atoms with Gasteiger partial charge in [0, 0.05) is 6.20 Å². The van der Waals surface area contributed by atoms with Gasteiger partial charge in [0.15, 0.2) is 11.5 Å². The van der Waals surface area contributed by atoms with E-state index in [1.807, 2.05) is 6.92 Å². The van der Waals surface area contributed by atoms with E-state index in [4.69, 9.17) is 9.47 Å². The highest BCUT2D eigenvalue weighted by atomic mass is 32.2.